The van der Waals surface area contributed by atoms with E-state index in [2.05, 4.69) is 17.1 Å². The molecule has 1 fully saturated rings. The number of hydrogen-bond donors (Lipinski definition) is 2. The summed E-state index contributed by atoms with van der Waals surface area (Å²) in [5.74, 6) is 0.109. The van der Waals surface area contributed by atoms with Crippen molar-refractivity contribution >= 4 is 5.91 Å². The molecule has 1 aliphatic rings. The number of carbonyl (C=O) groups excluding carboxylic acids is 1. The molecule has 1 aliphatic carbocycles. The zero-order valence-electron chi connectivity index (χ0n) is 10.4. The molecule has 94 valence electrons. The molecule has 1 saturated carbocycles. The van der Waals surface area contributed by atoms with Gasteiger partial charge in [0.15, 0.2) is 0 Å². The molecule has 4 heteroatoms. The van der Waals surface area contributed by atoms with Crippen LogP contribution in [0.3, 0.4) is 0 Å². The molecule has 0 unspecified atom stereocenters. The maximum absolute atomic E-state index is 11.6. The van der Waals surface area contributed by atoms with Crippen molar-refractivity contribution in [3.63, 3.8) is 0 Å². The van der Waals surface area contributed by atoms with E-state index in [0.29, 0.717) is 25.7 Å². The predicted molar refractivity (Wildman–Crippen MR) is 66.2 cm³/mol. The Hall–Kier alpha value is -0.610. The van der Waals surface area contributed by atoms with Crippen LogP contribution < -0.4 is 11.1 Å². The van der Waals surface area contributed by atoms with Gasteiger partial charge in [0, 0.05) is 19.1 Å². The van der Waals surface area contributed by atoms with Gasteiger partial charge in [-0.1, -0.05) is 26.2 Å². The van der Waals surface area contributed by atoms with Gasteiger partial charge in [-0.2, -0.15) is 0 Å². The summed E-state index contributed by atoms with van der Waals surface area (Å²) in [5.41, 5.74) is 5.35. The van der Waals surface area contributed by atoms with E-state index in [9.17, 15) is 4.79 Å². The minimum Gasteiger partial charge on any atom is -0.354 e. The second kappa shape index (κ2) is 7.63. The number of hydrogen-bond acceptors (Lipinski definition) is 3. The smallest absolute Gasteiger partial charge is 0.234 e. The van der Waals surface area contributed by atoms with Crippen LogP contribution in [-0.4, -0.2) is 43.0 Å². The summed E-state index contributed by atoms with van der Waals surface area (Å²) in [6, 6.07) is 0.613. The van der Waals surface area contributed by atoms with Crippen LogP contribution in [0.15, 0.2) is 0 Å². The first kappa shape index (κ1) is 13.5. The van der Waals surface area contributed by atoms with Gasteiger partial charge >= 0.3 is 0 Å². The van der Waals surface area contributed by atoms with Crippen LogP contribution in [0.2, 0.25) is 0 Å². The Bertz CT molecular complexity index is 202. The maximum atomic E-state index is 11.6. The monoisotopic (exact) mass is 227 g/mol. The SMILES string of the molecule is CCN(CC(=O)NCCN)C1CCCCC1. The molecule has 1 amide bonds. The molecule has 16 heavy (non-hydrogen) atoms. The van der Waals surface area contributed by atoms with Crippen molar-refractivity contribution in [2.24, 2.45) is 5.73 Å². The predicted octanol–water partition coefficient (Wildman–Crippen LogP) is 0.716. The zero-order chi connectivity index (χ0) is 11.8. The minimum absolute atomic E-state index is 0.109. The molecule has 4 nitrogen and oxygen atoms in total. The molecule has 0 aromatic carbocycles. The second-order valence-corrected chi connectivity index (χ2v) is 4.49. The normalized spacial score (nSPS) is 17.7. The first-order valence-corrected chi connectivity index (χ1v) is 6.48. The molecule has 0 aromatic rings. The molecule has 0 aliphatic heterocycles. The van der Waals surface area contributed by atoms with Crippen LogP contribution in [0.4, 0.5) is 0 Å². The molecule has 0 spiro atoms. The zero-order valence-corrected chi connectivity index (χ0v) is 10.4. The van der Waals surface area contributed by atoms with Crippen LogP contribution in [0.1, 0.15) is 39.0 Å². The van der Waals surface area contributed by atoms with Gasteiger partial charge in [0.1, 0.15) is 0 Å². The van der Waals surface area contributed by atoms with E-state index in [4.69, 9.17) is 5.73 Å². The van der Waals surface area contributed by atoms with E-state index in [1.165, 1.54) is 32.1 Å². The van der Waals surface area contributed by atoms with E-state index in [1.54, 1.807) is 0 Å². The van der Waals surface area contributed by atoms with Gasteiger partial charge in [-0.3, -0.25) is 9.69 Å². The van der Waals surface area contributed by atoms with Crippen molar-refractivity contribution in [1.82, 2.24) is 10.2 Å². The van der Waals surface area contributed by atoms with Crippen molar-refractivity contribution in [3.05, 3.63) is 0 Å². The Labute approximate surface area is 98.6 Å². The number of amides is 1. The van der Waals surface area contributed by atoms with Crippen molar-refractivity contribution in [1.29, 1.82) is 0 Å². The highest BCUT2D eigenvalue weighted by Crippen LogP contribution is 2.22. The lowest BCUT2D eigenvalue weighted by Gasteiger charge is -2.32. The summed E-state index contributed by atoms with van der Waals surface area (Å²) >= 11 is 0. The second-order valence-electron chi connectivity index (χ2n) is 4.49. The third-order valence-corrected chi connectivity index (χ3v) is 3.31. The average molecular weight is 227 g/mol. The summed E-state index contributed by atoms with van der Waals surface area (Å²) in [6.45, 7) is 4.72. The molecule has 0 bridgehead atoms. The van der Waals surface area contributed by atoms with E-state index < -0.39 is 0 Å². The summed E-state index contributed by atoms with van der Waals surface area (Å²) in [4.78, 5) is 13.9. The number of nitrogens with one attached hydrogen (secondary N) is 1. The van der Waals surface area contributed by atoms with Gasteiger partial charge in [-0.15, -0.1) is 0 Å². The fourth-order valence-corrected chi connectivity index (χ4v) is 2.40. The van der Waals surface area contributed by atoms with Gasteiger partial charge in [0.25, 0.3) is 0 Å². The third-order valence-electron chi connectivity index (χ3n) is 3.31. The highest BCUT2D eigenvalue weighted by molar-refractivity contribution is 5.78. The fraction of sp³-hybridized carbons (Fsp3) is 0.917. The Balaban J connectivity index is 2.32. The molecular formula is C12H25N3O. The third kappa shape index (κ3) is 4.49. The molecule has 1 rings (SSSR count). The average Bonchev–Trinajstić information content (AvgIpc) is 2.34. The van der Waals surface area contributed by atoms with E-state index in [1.807, 2.05) is 0 Å². The summed E-state index contributed by atoms with van der Waals surface area (Å²) in [7, 11) is 0. The molecule has 0 saturated heterocycles. The first-order valence-electron chi connectivity index (χ1n) is 6.48. The molecular weight excluding hydrogens is 202 g/mol. The van der Waals surface area contributed by atoms with Crippen LogP contribution >= 0.6 is 0 Å². The summed E-state index contributed by atoms with van der Waals surface area (Å²) in [5, 5.41) is 2.83. The van der Waals surface area contributed by atoms with Crippen molar-refractivity contribution in [2.75, 3.05) is 26.2 Å². The van der Waals surface area contributed by atoms with Crippen LogP contribution in [0.25, 0.3) is 0 Å². The van der Waals surface area contributed by atoms with E-state index in [0.717, 1.165) is 6.54 Å². The lowest BCUT2D eigenvalue weighted by molar-refractivity contribution is -0.122. The Kier molecular flexibility index (Phi) is 6.42. The van der Waals surface area contributed by atoms with E-state index >= 15 is 0 Å². The van der Waals surface area contributed by atoms with Crippen LogP contribution in [0.5, 0.6) is 0 Å². The Morgan fingerprint density at radius 1 is 1.38 bits per heavy atom. The standard InChI is InChI=1S/C12H25N3O/c1-2-15(10-12(16)14-9-8-13)11-6-4-3-5-7-11/h11H,2-10,13H2,1H3,(H,14,16). The van der Waals surface area contributed by atoms with E-state index in [-0.39, 0.29) is 5.91 Å². The summed E-state index contributed by atoms with van der Waals surface area (Å²) < 4.78 is 0. The highest BCUT2D eigenvalue weighted by Gasteiger charge is 2.21. The lowest BCUT2D eigenvalue weighted by Crippen LogP contribution is -2.44. The highest BCUT2D eigenvalue weighted by atomic mass is 16.2. The van der Waals surface area contributed by atoms with Crippen molar-refractivity contribution in [3.8, 4) is 0 Å². The van der Waals surface area contributed by atoms with Crippen LogP contribution in [0, 0.1) is 0 Å². The van der Waals surface area contributed by atoms with Gasteiger partial charge in [-0.05, 0) is 19.4 Å². The molecule has 3 N–H and O–H groups in total. The van der Waals surface area contributed by atoms with Crippen molar-refractivity contribution < 1.29 is 4.79 Å². The number of carbonyl (C=O) groups is 1. The number of nitrogens with two attached hydrogens (primary N) is 1. The molecule has 0 aromatic heterocycles. The van der Waals surface area contributed by atoms with Gasteiger partial charge in [-0.25, -0.2) is 0 Å². The van der Waals surface area contributed by atoms with Crippen molar-refractivity contribution in [2.45, 2.75) is 45.1 Å². The maximum Gasteiger partial charge on any atom is 0.234 e. The Morgan fingerprint density at radius 3 is 2.62 bits per heavy atom. The van der Waals surface area contributed by atoms with Gasteiger partial charge in [0.2, 0.25) is 5.91 Å². The van der Waals surface area contributed by atoms with Gasteiger partial charge < -0.3 is 11.1 Å². The number of rotatable bonds is 6. The molecule has 0 radical (unpaired) electrons. The van der Waals surface area contributed by atoms with Crippen LogP contribution in [-0.2, 0) is 4.79 Å². The summed E-state index contributed by atoms with van der Waals surface area (Å²) in [6.07, 6.45) is 6.47. The molecule has 0 atom stereocenters. The topological polar surface area (TPSA) is 58.4 Å². The minimum atomic E-state index is 0.109. The quantitative estimate of drug-likeness (QED) is 0.703. The number of likely N-dealkylation sites (N-methyl/N-ethyl adjacent to an activating group) is 1. The molecule has 0 heterocycles. The largest absolute Gasteiger partial charge is 0.354 e. The van der Waals surface area contributed by atoms with Gasteiger partial charge in [0.05, 0.1) is 6.54 Å². The first-order chi connectivity index (χ1) is 7.77. The lowest BCUT2D eigenvalue weighted by atomic mass is 9.94. The fourth-order valence-electron chi connectivity index (χ4n) is 2.40. The number of nitrogens with zero attached hydrogens (tertiary/aromatic N) is 1. The Morgan fingerprint density at radius 2 is 2.06 bits per heavy atom.